The summed E-state index contributed by atoms with van der Waals surface area (Å²) in [6.07, 6.45) is 0.825. The number of aliphatic hydroxyl groups excluding tert-OH is 1. The van der Waals surface area contributed by atoms with Crippen LogP contribution in [0.1, 0.15) is 52.9 Å². The summed E-state index contributed by atoms with van der Waals surface area (Å²) in [6.45, 7) is 8.77. The average Bonchev–Trinajstić information content (AvgIpc) is 2.92. The van der Waals surface area contributed by atoms with Gasteiger partial charge in [-0.15, -0.1) is 0 Å². The van der Waals surface area contributed by atoms with Gasteiger partial charge in [-0.3, -0.25) is 14.4 Å². The molecule has 2 heterocycles. The van der Waals surface area contributed by atoms with Gasteiger partial charge in [0.25, 0.3) is 0 Å². The van der Waals surface area contributed by atoms with E-state index in [1.54, 1.807) is 0 Å². The lowest BCUT2D eigenvalue weighted by molar-refractivity contribution is -0.450. The van der Waals surface area contributed by atoms with Crippen molar-refractivity contribution in [3.8, 4) is 0 Å². The SMILES string of the molecule is C=C1C(=O)C23CC1CCC2C12COC3(O)C(O)C1C(C)(COC(C)=O)CCC2OC(C)=O. The van der Waals surface area contributed by atoms with Crippen molar-refractivity contribution in [2.45, 2.75) is 70.9 Å². The first kappa shape index (κ1) is 22.0. The molecule has 9 unspecified atom stereocenters. The normalized spacial score (nSPS) is 51.1. The van der Waals surface area contributed by atoms with Crippen LogP contribution < -0.4 is 0 Å². The molecule has 0 aromatic rings. The lowest BCUT2D eigenvalue weighted by Crippen LogP contribution is -2.84. The van der Waals surface area contributed by atoms with Crippen molar-refractivity contribution in [3.63, 3.8) is 0 Å². The van der Waals surface area contributed by atoms with Gasteiger partial charge in [0.05, 0.1) is 18.6 Å². The highest BCUT2D eigenvalue weighted by Gasteiger charge is 2.85. The molecule has 6 fully saturated rings. The predicted octanol–water partition coefficient (Wildman–Crippen LogP) is 1.52. The molecule has 4 bridgehead atoms. The minimum absolute atomic E-state index is 0.0454. The summed E-state index contributed by atoms with van der Waals surface area (Å²) in [5.41, 5.74) is -2.39. The lowest BCUT2D eigenvalue weighted by atomic mass is 9.36. The number of aliphatic hydroxyl groups is 2. The van der Waals surface area contributed by atoms with Gasteiger partial charge in [-0.25, -0.2) is 0 Å². The molecule has 2 N–H and O–H groups in total. The molecule has 9 atom stereocenters. The van der Waals surface area contributed by atoms with Crippen LogP contribution in [0.4, 0.5) is 0 Å². The maximum absolute atomic E-state index is 13.6. The number of esters is 2. The van der Waals surface area contributed by atoms with Gasteiger partial charge in [0, 0.05) is 30.6 Å². The molecule has 6 aliphatic rings. The average molecular weight is 449 g/mol. The minimum atomic E-state index is -2.06. The number of ketones is 1. The number of ether oxygens (including phenoxy) is 3. The predicted molar refractivity (Wildman–Crippen MR) is 110 cm³/mol. The fourth-order valence-corrected chi connectivity index (χ4v) is 8.42. The van der Waals surface area contributed by atoms with E-state index in [9.17, 15) is 24.6 Å². The molecule has 0 aromatic heterocycles. The maximum Gasteiger partial charge on any atom is 0.302 e. The van der Waals surface area contributed by atoms with E-state index in [4.69, 9.17) is 14.2 Å². The van der Waals surface area contributed by atoms with Gasteiger partial charge in [0.15, 0.2) is 5.78 Å². The number of allylic oxidation sites excluding steroid dienone is 1. The molecule has 4 aliphatic carbocycles. The molecular weight excluding hydrogens is 416 g/mol. The fourth-order valence-electron chi connectivity index (χ4n) is 8.42. The summed E-state index contributed by atoms with van der Waals surface area (Å²) in [5.74, 6) is -4.13. The standard InChI is InChI=1S/C24H32O8/c1-12-15-5-6-16-22-11-31-24(29,23(16,9-15)19(12)27)20(28)18(22)21(4,10-30-13(2)25)8-7-17(22)32-14(3)26/h15-18,20,28-29H,1,5-11H2,2-4H3. The van der Waals surface area contributed by atoms with E-state index < -0.39 is 52.1 Å². The summed E-state index contributed by atoms with van der Waals surface area (Å²) in [6, 6.07) is 0. The van der Waals surface area contributed by atoms with Crippen molar-refractivity contribution in [3.05, 3.63) is 12.2 Å². The summed E-state index contributed by atoms with van der Waals surface area (Å²) in [7, 11) is 0. The molecule has 6 rings (SSSR count). The van der Waals surface area contributed by atoms with Crippen molar-refractivity contribution in [2.75, 3.05) is 13.2 Å². The number of fused-ring (bicyclic) bond motifs is 2. The Bertz CT molecular complexity index is 914. The third-order valence-corrected chi connectivity index (χ3v) is 9.52. The highest BCUT2D eigenvalue weighted by atomic mass is 16.6. The summed E-state index contributed by atoms with van der Waals surface area (Å²) in [5, 5.41) is 23.6. The van der Waals surface area contributed by atoms with Crippen LogP contribution in [0, 0.1) is 34.0 Å². The summed E-state index contributed by atoms with van der Waals surface area (Å²) >= 11 is 0. The van der Waals surface area contributed by atoms with Gasteiger partial charge < -0.3 is 24.4 Å². The first-order chi connectivity index (χ1) is 14.9. The van der Waals surface area contributed by atoms with Crippen molar-refractivity contribution >= 4 is 17.7 Å². The number of hydrogen-bond acceptors (Lipinski definition) is 8. The molecule has 2 saturated heterocycles. The molecule has 0 aromatic carbocycles. The number of rotatable bonds is 3. The van der Waals surface area contributed by atoms with Crippen LogP contribution in [0.2, 0.25) is 0 Å². The van der Waals surface area contributed by atoms with Crippen molar-refractivity contribution in [1.29, 1.82) is 0 Å². The van der Waals surface area contributed by atoms with Gasteiger partial charge in [0.1, 0.15) is 12.2 Å². The summed E-state index contributed by atoms with van der Waals surface area (Å²) in [4.78, 5) is 37.3. The Labute approximate surface area is 187 Å². The number of hydrogen-bond donors (Lipinski definition) is 2. The highest BCUT2D eigenvalue weighted by molar-refractivity contribution is 6.04. The van der Waals surface area contributed by atoms with Crippen LogP contribution in [-0.2, 0) is 28.6 Å². The Kier molecular flexibility index (Phi) is 4.57. The van der Waals surface area contributed by atoms with Gasteiger partial charge in [-0.1, -0.05) is 13.5 Å². The number of carbonyl (C=O) groups is 3. The topological polar surface area (TPSA) is 119 Å². The molecule has 8 nitrogen and oxygen atoms in total. The fraction of sp³-hybridized carbons (Fsp3) is 0.792. The zero-order valence-corrected chi connectivity index (χ0v) is 18.9. The van der Waals surface area contributed by atoms with E-state index in [1.165, 1.54) is 13.8 Å². The van der Waals surface area contributed by atoms with E-state index in [-0.39, 0.29) is 30.8 Å². The van der Waals surface area contributed by atoms with E-state index in [2.05, 4.69) is 6.58 Å². The zero-order chi connectivity index (χ0) is 23.3. The second-order valence-corrected chi connectivity index (χ2v) is 10.9. The summed E-state index contributed by atoms with van der Waals surface area (Å²) < 4.78 is 17.3. The molecule has 4 saturated carbocycles. The van der Waals surface area contributed by atoms with Gasteiger partial charge >= 0.3 is 11.9 Å². The second-order valence-electron chi connectivity index (χ2n) is 10.9. The molecule has 176 valence electrons. The van der Waals surface area contributed by atoms with Crippen molar-refractivity contribution in [2.24, 2.45) is 34.0 Å². The monoisotopic (exact) mass is 448 g/mol. The number of Topliss-reactive ketones (excluding diaryl/α,β-unsaturated/α-hetero) is 1. The molecule has 0 amide bonds. The second kappa shape index (κ2) is 6.64. The third-order valence-electron chi connectivity index (χ3n) is 9.52. The van der Waals surface area contributed by atoms with E-state index >= 15 is 0 Å². The molecule has 8 heteroatoms. The van der Waals surface area contributed by atoms with Crippen LogP contribution in [-0.4, -0.2) is 59.1 Å². The van der Waals surface area contributed by atoms with Crippen molar-refractivity contribution < 1.29 is 38.8 Å². The number of carbonyl (C=O) groups excluding carboxylic acids is 3. The van der Waals surface area contributed by atoms with Crippen LogP contribution in [0.3, 0.4) is 0 Å². The molecule has 0 radical (unpaired) electrons. The van der Waals surface area contributed by atoms with E-state index in [0.29, 0.717) is 31.3 Å². The quantitative estimate of drug-likeness (QED) is 0.493. The Hall–Kier alpha value is -1.77. The minimum Gasteiger partial charge on any atom is -0.465 e. The van der Waals surface area contributed by atoms with Gasteiger partial charge in [0.2, 0.25) is 5.79 Å². The smallest absolute Gasteiger partial charge is 0.302 e. The largest absolute Gasteiger partial charge is 0.465 e. The van der Waals surface area contributed by atoms with Crippen LogP contribution in [0.5, 0.6) is 0 Å². The zero-order valence-electron chi connectivity index (χ0n) is 18.9. The van der Waals surface area contributed by atoms with Crippen LogP contribution in [0.15, 0.2) is 12.2 Å². The molecule has 2 spiro atoms. The Balaban J connectivity index is 1.70. The maximum atomic E-state index is 13.6. The third kappa shape index (κ3) is 2.36. The van der Waals surface area contributed by atoms with Crippen molar-refractivity contribution in [1.82, 2.24) is 0 Å². The Morgan fingerprint density at radius 2 is 1.94 bits per heavy atom. The molecular formula is C24H32O8. The first-order valence-corrected chi connectivity index (χ1v) is 11.5. The van der Waals surface area contributed by atoms with Gasteiger partial charge in [-0.2, -0.15) is 0 Å². The van der Waals surface area contributed by atoms with E-state index in [0.717, 1.165) is 6.42 Å². The van der Waals surface area contributed by atoms with Crippen LogP contribution >= 0.6 is 0 Å². The Morgan fingerprint density at radius 1 is 1.22 bits per heavy atom. The molecule has 32 heavy (non-hydrogen) atoms. The van der Waals surface area contributed by atoms with E-state index in [1.807, 2.05) is 6.92 Å². The highest BCUT2D eigenvalue weighted by Crippen LogP contribution is 2.76. The van der Waals surface area contributed by atoms with Gasteiger partial charge in [-0.05, 0) is 49.5 Å². The van der Waals surface area contributed by atoms with Crippen LogP contribution in [0.25, 0.3) is 0 Å². The molecule has 2 aliphatic heterocycles. The Morgan fingerprint density at radius 3 is 2.59 bits per heavy atom. The first-order valence-electron chi connectivity index (χ1n) is 11.5. The lowest BCUT2D eigenvalue weighted by Gasteiger charge is -2.74.